The molecule has 2 nitrogen and oxygen atoms in total. The Hall–Kier alpha value is -0.930. The quantitative estimate of drug-likeness (QED) is 0.853. The Bertz CT molecular complexity index is 439. The van der Waals surface area contributed by atoms with Crippen LogP contribution in [0, 0.1) is 11.2 Å². The highest BCUT2D eigenvalue weighted by atomic mass is 19.1. The Labute approximate surface area is 128 Å². The molecule has 1 aromatic rings. The molecule has 1 N–H and O–H groups in total. The molecule has 3 heteroatoms. The first kappa shape index (κ1) is 16.4. The van der Waals surface area contributed by atoms with Crippen molar-refractivity contribution < 1.29 is 4.39 Å². The molecule has 0 aliphatic carbocycles. The van der Waals surface area contributed by atoms with E-state index in [1.165, 1.54) is 32.4 Å². The van der Waals surface area contributed by atoms with Gasteiger partial charge in [0.2, 0.25) is 0 Å². The van der Waals surface area contributed by atoms with Gasteiger partial charge in [0.1, 0.15) is 5.82 Å². The van der Waals surface area contributed by atoms with Crippen LogP contribution in [0.25, 0.3) is 0 Å². The number of benzene rings is 1. The molecule has 0 bridgehead atoms. The lowest BCUT2D eigenvalue weighted by atomic mass is 9.78. The van der Waals surface area contributed by atoms with E-state index < -0.39 is 0 Å². The van der Waals surface area contributed by atoms with E-state index in [4.69, 9.17) is 0 Å². The summed E-state index contributed by atoms with van der Waals surface area (Å²) >= 11 is 0. The van der Waals surface area contributed by atoms with Crippen molar-refractivity contribution in [2.75, 3.05) is 26.7 Å². The summed E-state index contributed by atoms with van der Waals surface area (Å²) in [6, 6.07) is 7.21. The smallest absolute Gasteiger partial charge is 0.127 e. The normalized spacial score (nSPS) is 20.4. The fourth-order valence-electron chi connectivity index (χ4n) is 3.19. The summed E-state index contributed by atoms with van der Waals surface area (Å²) in [5.74, 6) is -0.103. The molecule has 1 fully saturated rings. The van der Waals surface area contributed by atoms with E-state index in [0.29, 0.717) is 5.41 Å². The van der Waals surface area contributed by atoms with Crippen LogP contribution in [0.4, 0.5) is 4.39 Å². The minimum atomic E-state index is -0.103. The van der Waals surface area contributed by atoms with Gasteiger partial charge in [-0.05, 0) is 57.4 Å². The number of likely N-dealkylation sites (tertiary alicyclic amines) is 1. The monoisotopic (exact) mass is 292 g/mol. The van der Waals surface area contributed by atoms with Gasteiger partial charge in [0.25, 0.3) is 0 Å². The second kappa shape index (κ2) is 7.37. The SMILES string of the molecule is CCC1(C)CCN(CCC(NC)c2ccccc2F)CC1. The first-order chi connectivity index (χ1) is 10.1. The van der Waals surface area contributed by atoms with Crippen LogP contribution >= 0.6 is 0 Å². The molecule has 1 aromatic carbocycles. The Morgan fingerprint density at radius 2 is 1.95 bits per heavy atom. The molecule has 2 rings (SSSR count). The summed E-state index contributed by atoms with van der Waals surface area (Å²) in [5, 5.41) is 3.26. The van der Waals surface area contributed by atoms with Gasteiger partial charge >= 0.3 is 0 Å². The van der Waals surface area contributed by atoms with Crippen LogP contribution in [-0.2, 0) is 0 Å². The van der Waals surface area contributed by atoms with E-state index in [2.05, 4.69) is 24.1 Å². The third-order valence-corrected chi connectivity index (χ3v) is 5.28. The standard InChI is InChI=1S/C18H29FN2/c1-4-18(2)10-13-21(14-11-18)12-9-17(20-3)15-7-5-6-8-16(15)19/h5-8,17,20H,4,9-14H2,1-3H3. The van der Waals surface area contributed by atoms with Crippen molar-refractivity contribution >= 4 is 0 Å². The molecule has 1 unspecified atom stereocenters. The van der Waals surface area contributed by atoms with E-state index in [-0.39, 0.29) is 11.9 Å². The molecule has 1 atom stereocenters. The molecule has 118 valence electrons. The number of nitrogens with zero attached hydrogens (tertiary/aromatic N) is 1. The van der Waals surface area contributed by atoms with E-state index in [0.717, 1.165) is 18.5 Å². The molecule has 0 aromatic heterocycles. The summed E-state index contributed by atoms with van der Waals surface area (Å²) in [7, 11) is 1.92. The van der Waals surface area contributed by atoms with Crippen molar-refractivity contribution in [2.45, 2.75) is 45.6 Å². The average molecular weight is 292 g/mol. The lowest BCUT2D eigenvalue weighted by molar-refractivity contribution is 0.111. The maximum Gasteiger partial charge on any atom is 0.127 e. The van der Waals surface area contributed by atoms with Gasteiger partial charge in [-0.1, -0.05) is 38.5 Å². The van der Waals surface area contributed by atoms with E-state index >= 15 is 0 Å². The average Bonchev–Trinajstić information content (AvgIpc) is 2.51. The van der Waals surface area contributed by atoms with Gasteiger partial charge in [-0.25, -0.2) is 4.39 Å². The van der Waals surface area contributed by atoms with Gasteiger partial charge in [-0.15, -0.1) is 0 Å². The topological polar surface area (TPSA) is 15.3 Å². The largest absolute Gasteiger partial charge is 0.313 e. The molecular weight excluding hydrogens is 263 g/mol. The number of piperidine rings is 1. The van der Waals surface area contributed by atoms with Crippen molar-refractivity contribution in [3.63, 3.8) is 0 Å². The molecule has 1 aliphatic heterocycles. The second-order valence-electron chi connectivity index (χ2n) is 6.66. The molecule has 0 radical (unpaired) electrons. The molecule has 1 heterocycles. The molecule has 0 spiro atoms. The third kappa shape index (κ3) is 4.27. The van der Waals surface area contributed by atoms with Crippen LogP contribution in [0.5, 0.6) is 0 Å². The molecular formula is C18H29FN2. The van der Waals surface area contributed by atoms with Crippen molar-refractivity contribution in [2.24, 2.45) is 5.41 Å². The van der Waals surface area contributed by atoms with Crippen LogP contribution in [0.2, 0.25) is 0 Å². The van der Waals surface area contributed by atoms with Gasteiger partial charge in [0.15, 0.2) is 0 Å². The lowest BCUT2D eigenvalue weighted by Crippen LogP contribution is -2.39. The predicted molar refractivity (Wildman–Crippen MR) is 86.9 cm³/mol. The number of nitrogens with one attached hydrogen (secondary N) is 1. The van der Waals surface area contributed by atoms with Gasteiger partial charge in [0, 0.05) is 11.6 Å². The van der Waals surface area contributed by atoms with Crippen molar-refractivity contribution in [1.29, 1.82) is 0 Å². The molecule has 21 heavy (non-hydrogen) atoms. The van der Waals surface area contributed by atoms with E-state index in [1.807, 2.05) is 19.2 Å². The fraction of sp³-hybridized carbons (Fsp3) is 0.667. The van der Waals surface area contributed by atoms with Gasteiger partial charge in [0.05, 0.1) is 0 Å². The zero-order valence-electron chi connectivity index (χ0n) is 13.7. The molecule has 1 saturated heterocycles. The van der Waals surface area contributed by atoms with Crippen LogP contribution in [0.3, 0.4) is 0 Å². The zero-order chi connectivity index (χ0) is 15.3. The van der Waals surface area contributed by atoms with Crippen LogP contribution in [0.1, 0.15) is 51.1 Å². The lowest BCUT2D eigenvalue weighted by Gasteiger charge is -2.39. The van der Waals surface area contributed by atoms with Crippen LogP contribution in [0.15, 0.2) is 24.3 Å². The molecule has 1 aliphatic rings. The van der Waals surface area contributed by atoms with Crippen LogP contribution < -0.4 is 5.32 Å². The third-order valence-electron chi connectivity index (χ3n) is 5.28. The minimum absolute atomic E-state index is 0.102. The minimum Gasteiger partial charge on any atom is -0.313 e. The summed E-state index contributed by atoms with van der Waals surface area (Å²) in [6.07, 6.45) is 4.80. The highest BCUT2D eigenvalue weighted by Crippen LogP contribution is 2.34. The number of hydrogen-bond donors (Lipinski definition) is 1. The number of halogens is 1. The van der Waals surface area contributed by atoms with Crippen molar-refractivity contribution in [1.82, 2.24) is 10.2 Å². The van der Waals surface area contributed by atoms with Crippen molar-refractivity contribution in [3.05, 3.63) is 35.6 Å². The summed E-state index contributed by atoms with van der Waals surface area (Å²) < 4.78 is 13.9. The maximum absolute atomic E-state index is 13.9. The zero-order valence-corrected chi connectivity index (χ0v) is 13.7. The first-order valence-electron chi connectivity index (χ1n) is 8.22. The fourth-order valence-corrected chi connectivity index (χ4v) is 3.19. The Morgan fingerprint density at radius 1 is 1.29 bits per heavy atom. The Morgan fingerprint density at radius 3 is 2.52 bits per heavy atom. The summed E-state index contributed by atoms with van der Waals surface area (Å²) in [6.45, 7) is 8.10. The highest BCUT2D eigenvalue weighted by molar-refractivity contribution is 5.21. The Balaban J connectivity index is 1.86. The first-order valence-corrected chi connectivity index (χ1v) is 8.22. The summed E-state index contributed by atoms with van der Waals surface area (Å²) in [4.78, 5) is 2.53. The van der Waals surface area contributed by atoms with Crippen LogP contribution in [-0.4, -0.2) is 31.6 Å². The van der Waals surface area contributed by atoms with E-state index in [9.17, 15) is 4.39 Å². The molecule has 0 amide bonds. The van der Waals surface area contributed by atoms with Gasteiger partial charge < -0.3 is 10.2 Å². The van der Waals surface area contributed by atoms with E-state index in [1.54, 1.807) is 12.1 Å². The predicted octanol–water partition coefficient (Wildman–Crippen LogP) is 3.99. The number of hydrogen-bond acceptors (Lipinski definition) is 2. The maximum atomic E-state index is 13.9. The van der Waals surface area contributed by atoms with Crippen molar-refractivity contribution in [3.8, 4) is 0 Å². The highest BCUT2D eigenvalue weighted by Gasteiger charge is 2.28. The summed E-state index contributed by atoms with van der Waals surface area (Å²) in [5.41, 5.74) is 1.32. The molecule has 0 saturated carbocycles. The Kier molecular flexibility index (Phi) is 5.77. The second-order valence-corrected chi connectivity index (χ2v) is 6.66. The van der Waals surface area contributed by atoms with Gasteiger partial charge in [-0.2, -0.15) is 0 Å². The number of rotatable bonds is 6. The van der Waals surface area contributed by atoms with Gasteiger partial charge in [-0.3, -0.25) is 0 Å².